The molecule has 24 heavy (non-hydrogen) atoms. The second-order valence-corrected chi connectivity index (χ2v) is 6.25. The smallest absolute Gasteiger partial charge is 0.326 e. The van der Waals surface area contributed by atoms with E-state index in [1.165, 1.54) is 4.90 Å². The fourth-order valence-corrected chi connectivity index (χ4v) is 3.46. The fraction of sp³-hybridized carbons (Fsp3) is 0.389. The van der Waals surface area contributed by atoms with Crippen LogP contribution in [0.5, 0.6) is 0 Å². The lowest BCUT2D eigenvalue weighted by Crippen LogP contribution is -2.50. The van der Waals surface area contributed by atoms with Gasteiger partial charge in [-0.3, -0.25) is 4.79 Å². The maximum absolute atomic E-state index is 13.0. The van der Waals surface area contributed by atoms with Crippen LogP contribution in [0.2, 0.25) is 0 Å². The summed E-state index contributed by atoms with van der Waals surface area (Å²) >= 11 is 0. The zero-order valence-corrected chi connectivity index (χ0v) is 13.9. The van der Waals surface area contributed by atoms with Gasteiger partial charge in [-0.1, -0.05) is 29.4 Å². The molecule has 2 aromatic rings. The highest BCUT2D eigenvalue weighted by Crippen LogP contribution is 2.30. The molecule has 6 heteroatoms. The van der Waals surface area contributed by atoms with Crippen LogP contribution >= 0.6 is 0 Å². The molecule has 2 heterocycles. The number of amides is 1. The van der Waals surface area contributed by atoms with Crippen molar-refractivity contribution in [3.8, 4) is 0 Å². The zero-order chi connectivity index (χ0) is 17.4. The molecule has 6 nitrogen and oxygen atoms in total. The van der Waals surface area contributed by atoms with Gasteiger partial charge in [0, 0.05) is 18.5 Å². The predicted molar refractivity (Wildman–Crippen MR) is 86.5 cm³/mol. The van der Waals surface area contributed by atoms with Crippen molar-refractivity contribution in [3.05, 3.63) is 52.4 Å². The van der Waals surface area contributed by atoms with E-state index in [9.17, 15) is 14.7 Å². The highest BCUT2D eigenvalue weighted by Gasteiger charge is 2.37. The molecule has 3 rings (SSSR count). The van der Waals surface area contributed by atoms with E-state index in [1.807, 2.05) is 24.3 Å². The van der Waals surface area contributed by atoms with Crippen LogP contribution in [0.25, 0.3) is 0 Å². The lowest BCUT2D eigenvalue weighted by Gasteiger charge is -2.36. The van der Waals surface area contributed by atoms with Crippen molar-refractivity contribution in [1.82, 2.24) is 10.1 Å². The summed E-state index contributed by atoms with van der Waals surface area (Å²) in [6, 6.07) is 6.80. The molecule has 2 unspecified atom stereocenters. The number of carboxylic acids is 1. The molecule has 0 saturated carbocycles. The molecule has 126 valence electrons. The van der Waals surface area contributed by atoms with E-state index in [4.69, 9.17) is 4.52 Å². The van der Waals surface area contributed by atoms with Crippen molar-refractivity contribution in [1.29, 1.82) is 0 Å². The largest absolute Gasteiger partial charge is 0.480 e. The minimum Gasteiger partial charge on any atom is -0.480 e. The molecule has 0 fully saturated rings. The Balaban J connectivity index is 1.94. The normalized spacial score (nSPS) is 18.1. The molecular weight excluding hydrogens is 308 g/mol. The van der Waals surface area contributed by atoms with E-state index in [1.54, 1.807) is 20.8 Å². The number of carbonyl (C=O) groups is 2. The van der Waals surface area contributed by atoms with E-state index in [0.717, 1.165) is 16.7 Å². The number of carboxylic acid groups (broad SMARTS) is 1. The van der Waals surface area contributed by atoms with Crippen LogP contribution in [0.4, 0.5) is 0 Å². The molecule has 0 aliphatic carbocycles. The third kappa shape index (κ3) is 2.68. The average molecular weight is 328 g/mol. The second kappa shape index (κ2) is 6.11. The van der Waals surface area contributed by atoms with Gasteiger partial charge in [0.2, 0.25) is 5.91 Å². The summed E-state index contributed by atoms with van der Waals surface area (Å²) in [6.07, 6.45) is 0.325. The minimum absolute atomic E-state index is 0.216. The number of carbonyl (C=O) groups excluding carboxylic acids is 1. The summed E-state index contributed by atoms with van der Waals surface area (Å²) < 4.78 is 5.15. The monoisotopic (exact) mass is 328 g/mol. The number of aromatic nitrogens is 1. The number of rotatable bonds is 3. The standard InChI is InChI=1S/C18H20N2O4/c1-10(16-11(2)19-24-12(16)3)17(21)20-9-14-7-5-4-6-13(14)8-15(20)18(22)23/h4-7,10,15H,8-9H2,1-3H3,(H,22,23). The lowest BCUT2D eigenvalue weighted by molar-refractivity contribution is -0.152. The first-order valence-electron chi connectivity index (χ1n) is 7.93. The molecule has 1 aliphatic rings. The summed E-state index contributed by atoms with van der Waals surface area (Å²) in [5.41, 5.74) is 3.38. The van der Waals surface area contributed by atoms with Gasteiger partial charge in [-0.2, -0.15) is 0 Å². The van der Waals surface area contributed by atoms with Gasteiger partial charge in [0.1, 0.15) is 11.8 Å². The van der Waals surface area contributed by atoms with Crippen LogP contribution < -0.4 is 0 Å². The first-order valence-corrected chi connectivity index (χ1v) is 7.93. The molecule has 0 saturated heterocycles. The summed E-state index contributed by atoms with van der Waals surface area (Å²) in [5.74, 6) is -1.10. The predicted octanol–water partition coefficient (Wildman–Crippen LogP) is 2.43. The Morgan fingerprint density at radius 1 is 1.29 bits per heavy atom. The Hall–Kier alpha value is -2.63. The van der Waals surface area contributed by atoms with Crippen LogP contribution in [-0.2, 0) is 22.6 Å². The lowest BCUT2D eigenvalue weighted by atomic mass is 9.91. The molecule has 1 amide bonds. The third-order valence-electron chi connectivity index (χ3n) is 4.71. The summed E-state index contributed by atoms with van der Waals surface area (Å²) in [4.78, 5) is 26.2. The van der Waals surface area contributed by atoms with Crippen molar-refractivity contribution in [2.45, 2.75) is 45.7 Å². The van der Waals surface area contributed by atoms with E-state index in [0.29, 0.717) is 24.4 Å². The van der Waals surface area contributed by atoms with Gasteiger partial charge >= 0.3 is 5.97 Å². The average Bonchev–Trinajstić information content (AvgIpc) is 2.90. The minimum atomic E-state index is -0.983. The van der Waals surface area contributed by atoms with Gasteiger partial charge < -0.3 is 14.5 Å². The quantitative estimate of drug-likeness (QED) is 0.935. The van der Waals surface area contributed by atoms with Gasteiger partial charge in [0.15, 0.2) is 0 Å². The van der Waals surface area contributed by atoms with Crippen molar-refractivity contribution < 1.29 is 19.2 Å². The number of hydrogen-bond donors (Lipinski definition) is 1. The van der Waals surface area contributed by atoms with Crippen molar-refractivity contribution in [2.24, 2.45) is 0 Å². The first-order chi connectivity index (χ1) is 11.4. The number of benzene rings is 1. The Morgan fingerprint density at radius 2 is 1.96 bits per heavy atom. The fourth-order valence-electron chi connectivity index (χ4n) is 3.46. The molecular formula is C18H20N2O4. The zero-order valence-electron chi connectivity index (χ0n) is 13.9. The van der Waals surface area contributed by atoms with Crippen molar-refractivity contribution in [2.75, 3.05) is 0 Å². The summed E-state index contributed by atoms with van der Waals surface area (Å²) in [5, 5.41) is 13.5. The molecule has 0 radical (unpaired) electrons. The molecule has 0 spiro atoms. The molecule has 1 aliphatic heterocycles. The number of aryl methyl sites for hydroxylation is 2. The highest BCUT2D eigenvalue weighted by atomic mass is 16.5. The number of aliphatic carboxylic acids is 1. The number of fused-ring (bicyclic) bond motifs is 1. The van der Waals surface area contributed by atoms with E-state index in [2.05, 4.69) is 5.16 Å². The van der Waals surface area contributed by atoms with Gasteiger partial charge in [-0.15, -0.1) is 0 Å². The van der Waals surface area contributed by atoms with E-state index >= 15 is 0 Å². The molecule has 0 bridgehead atoms. The molecule has 1 aromatic heterocycles. The van der Waals surface area contributed by atoms with E-state index < -0.39 is 17.9 Å². The summed E-state index contributed by atoms with van der Waals surface area (Å²) in [6.45, 7) is 5.63. The molecule has 1 aromatic carbocycles. The van der Waals surface area contributed by atoms with Crippen molar-refractivity contribution in [3.63, 3.8) is 0 Å². The SMILES string of the molecule is Cc1noc(C)c1C(C)C(=O)N1Cc2ccccc2CC1C(=O)O. The number of hydrogen-bond acceptors (Lipinski definition) is 4. The van der Waals surface area contributed by atoms with Crippen LogP contribution in [0, 0.1) is 13.8 Å². The first kappa shape index (κ1) is 16.2. The van der Waals surface area contributed by atoms with Crippen LogP contribution in [0.3, 0.4) is 0 Å². The van der Waals surface area contributed by atoms with Crippen molar-refractivity contribution >= 4 is 11.9 Å². The Bertz CT molecular complexity index is 777. The number of nitrogens with zero attached hydrogens (tertiary/aromatic N) is 2. The summed E-state index contributed by atoms with van der Waals surface area (Å²) in [7, 11) is 0. The Kier molecular flexibility index (Phi) is 4.13. The van der Waals surface area contributed by atoms with Gasteiger partial charge in [0.25, 0.3) is 0 Å². The van der Waals surface area contributed by atoms with Crippen LogP contribution in [0.15, 0.2) is 28.8 Å². The molecule has 1 N–H and O–H groups in total. The van der Waals surface area contributed by atoms with Gasteiger partial charge in [-0.05, 0) is 31.9 Å². The third-order valence-corrected chi connectivity index (χ3v) is 4.71. The highest BCUT2D eigenvalue weighted by molar-refractivity contribution is 5.89. The molecule has 2 atom stereocenters. The topological polar surface area (TPSA) is 83.6 Å². The maximum atomic E-state index is 13.0. The van der Waals surface area contributed by atoms with Gasteiger partial charge in [0.05, 0.1) is 11.6 Å². The Morgan fingerprint density at radius 3 is 2.54 bits per heavy atom. The van der Waals surface area contributed by atoms with Crippen LogP contribution in [0.1, 0.15) is 41.0 Å². The van der Waals surface area contributed by atoms with Gasteiger partial charge in [-0.25, -0.2) is 4.79 Å². The second-order valence-electron chi connectivity index (χ2n) is 6.25. The van der Waals surface area contributed by atoms with E-state index in [-0.39, 0.29) is 5.91 Å². The maximum Gasteiger partial charge on any atom is 0.326 e. The Labute approximate surface area is 140 Å². The van der Waals surface area contributed by atoms with Crippen LogP contribution in [-0.4, -0.2) is 33.1 Å².